The Kier molecular flexibility index (Phi) is 8.24. The quantitative estimate of drug-likeness (QED) is 0.554. The molecule has 0 aliphatic heterocycles. The largest absolute Gasteiger partial charge is 0.382 e. The van der Waals surface area contributed by atoms with Gasteiger partial charge in [-0.15, -0.1) is 0 Å². The van der Waals surface area contributed by atoms with Crippen molar-refractivity contribution in [2.45, 2.75) is 12.8 Å². The second-order valence-corrected chi connectivity index (χ2v) is 4.72. The maximum atomic E-state index is 5.86. The number of hydrogen-bond acceptors (Lipinski definition) is 5. The summed E-state index contributed by atoms with van der Waals surface area (Å²) in [6, 6.07) is 0. The second kappa shape index (κ2) is 9.49. The van der Waals surface area contributed by atoms with E-state index >= 15 is 0 Å². The Morgan fingerprint density at radius 1 is 1.28 bits per heavy atom. The molecule has 0 unspecified atom stereocenters. The molecular weight excluding hydrogens is 321 g/mol. The van der Waals surface area contributed by atoms with Crippen molar-refractivity contribution in [3.05, 3.63) is 16.0 Å². The van der Waals surface area contributed by atoms with Crippen LogP contribution in [0, 0.1) is 0 Å². The number of rotatable bonds is 9. The van der Waals surface area contributed by atoms with Gasteiger partial charge in [0.15, 0.2) is 0 Å². The lowest BCUT2D eigenvalue weighted by Gasteiger charge is -2.08. The number of methoxy groups -OCH3 is 1. The van der Waals surface area contributed by atoms with Gasteiger partial charge in [-0.25, -0.2) is 9.97 Å². The molecule has 0 aromatic carbocycles. The molecule has 1 rings (SSSR count). The van der Waals surface area contributed by atoms with E-state index in [1.165, 1.54) is 6.33 Å². The van der Waals surface area contributed by atoms with Crippen LogP contribution in [0.15, 0.2) is 10.8 Å². The van der Waals surface area contributed by atoms with Gasteiger partial charge in [0, 0.05) is 20.3 Å². The number of nitrogens with one attached hydrogen (secondary N) is 1. The maximum absolute atomic E-state index is 5.86. The van der Waals surface area contributed by atoms with Crippen molar-refractivity contribution in [3.63, 3.8) is 0 Å². The Labute approximate surface area is 120 Å². The summed E-state index contributed by atoms with van der Waals surface area (Å²) in [5.74, 6) is 0.718. The third kappa shape index (κ3) is 5.95. The van der Waals surface area contributed by atoms with Gasteiger partial charge >= 0.3 is 0 Å². The van der Waals surface area contributed by atoms with Gasteiger partial charge in [-0.05, 0) is 28.8 Å². The summed E-state index contributed by atoms with van der Waals surface area (Å²) >= 11 is 9.19. The minimum absolute atomic E-state index is 0.412. The monoisotopic (exact) mass is 337 g/mol. The number of halogens is 2. The first-order valence-electron chi connectivity index (χ1n) is 5.72. The minimum Gasteiger partial charge on any atom is -0.382 e. The van der Waals surface area contributed by atoms with Crippen molar-refractivity contribution in [2.24, 2.45) is 0 Å². The lowest BCUT2D eigenvalue weighted by Crippen LogP contribution is -2.07. The van der Waals surface area contributed by atoms with Gasteiger partial charge in [-0.1, -0.05) is 11.6 Å². The Morgan fingerprint density at radius 3 is 2.89 bits per heavy atom. The highest BCUT2D eigenvalue weighted by atomic mass is 79.9. The van der Waals surface area contributed by atoms with Crippen LogP contribution >= 0.6 is 27.5 Å². The molecule has 102 valence electrons. The Hall–Kier alpha value is -0.430. The highest BCUT2D eigenvalue weighted by molar-refractivity contribution is 9.10. The summed E-state index contributed by atoms with van der Waals surface area (Å²) in [6.07, 6.45) is 3.43. The van der Waals surface area contributed by atoms with Crippen LogP contribution in [0.3, 0.4) is 0 Å². The summed E-state index contributed by atoms with van der Waals surface area (Å²) in [6.45, 7) is 2.86. The molecule has 7 heteroatoms. The molecule has 0 aliphatic rings. The van der Waals surface area contributed by atoms with Crippen molar-refractivity contribution in [1.29, 1.82) is 0 Å². The first kappa shape index (κ1) is 15.6. The van der Waals surface area contributed by atoms with Gasteiger partial charge in [0.25, 0.3) is 0 Å². The fourth-order valence-corrected chi connectivity index (χ4v) is 1.73. The first-order valence-corrected chi connectivity index (χ1v) is 6.89. The average Bonchev–Trinajstić information content (AvgIpc) is 2.37. The van der Waals surface area contributed by atoms with E-state index < -0.39 is 0 Å². The van der Waals surface area contributed by atoms with E-state index in [1.54, 1.807) is 7.11 Å². The van der Waals surface area contributed by atoms with Crippen molar-refractivity contribution in [3.8, 4) is 0 Å². The molecule has 0 atom stereocenters. The standard InChI is InChI=1S/C11H17BrClN3O2/c1-17-6-7-18-5-3-2-4-14-11-9(12)10(13)15-8-16-11/h8H,2-7H2,1H3,(H,14,15,16). The molecule has 0 bridgehead atoms. The van der Waals surface area contributed by atoms with E-state index in [1.807, 2.05) is 0 Å². The Morgan fingerprint density at radius 2 is 2.11 bits per heavy atom. The summed E-state index contributed by atoms with van der Waals surface area (Å²) in [5, 5.41) is 3.61. The number of ether oxygens (including phenoxy) is 2. The fourth-order valence-electron chi connectivity index (χ4n) is 1.25. The van der Waals surface area contributed by atoms with E-state index in [0.717, 1.165) is 31.8 Å². The molecule has 0 amide bonds. The Bertz CT molecular complexity index is 355. The predicted octanol–water partition coefficient (Wildman–Crippen LogP) is 2.75. The van der Waals surface area contributed by atoms with E-state index in [4.69, 9.17) is 21.1 Å². The molecule has 1 heterocycles. The van der Waals surface area contributed by atoms with Crippen LogP contribution in [-0.4, -0.2) is 43.4 Å². The van der Waals surface area contributed by atoms with Crippen LogP contribution in [0.2, 0.25) is 5.15 Å². The number of aromatic nitrogens is 2. The van der Waals surface area contributed by atoms with E-state index in [-0.39, 0.29) is 0 Å². The molecule has 0 fully saturated rings. The second-order valence-electron chi connectivity index (χ2n) is 3.57. The molecule has 1 aromatic rings. The lowest BCUT2D eigenvalue weighted by atomic mass is 10.3. The van der Waals surface area contributed by atoms with E-state index in [2.05, 4.69) is 31.2 Å². The number of hydrogen-bond donors (Lipinski definition) is 1. The van der Waals surface area contributed by atoms with Crippen LogP contribution in [0.4, 0.5) is 5.82 Å². The normalized spacial score (nSPS) is 10.6. The lowest BCUT2D eigenvalue weighted by molar-refractivity contribution is 0.0691. The van der Waals surface area contributed by atoms with Crippen molar-refractivity contribution in [2.75, 3.05) is 38.8 Å². The maximum Gasteiger partial charge on any atom is 0.148 e. The van der Waals surface area contributed by atoms with Crippen LogP contribution in [0.25, 0.3) is 0 Å². The van der Waals surface area contributed by atoms with Gasteiger partial charge < -0.3 is 14.8 Å². The molecule has 18 heavy (non-hydrogen) atoms. The number of anilines is 1. The summed E-state index contributed by atoms with van der Waals surface area (Å²) in [4.78, 5) is 7.96. The van der Waals surface area contributed by atoms with Crippen molar-refractivity contribution >= 4 is 33.3 Å². The van der Waals surface area contributed by atoms with Gasteiger partial charge in [0.05, 0.1) is 17.7 Å². The first-order chi connectivity index (χ1) is 8.75. The smallest absolute Gasteiger partial charge is 0.148 e. The van der Waals surface area contributed by atoms with Gasteiger partial charge in [0.2, 0.25) is 0 Å². The number of nitrogens with zero attached hydrogens (tertiary/aromatic N) is 2. The number of unbranched alkanes of at least 4 members (excludes halogenated alkanes) is 1. The van der Waals surface area contributed by atoms with Crippen LogP contribution in [-0.2, 0) is 9.47 Å². The van der Waals surface area contributed by atoms with Crippen LogP contribution in [0.5, 0.6) is 0 Å². The molecular formula is C11H17BrClN3O2. The zero-order valence-corrected chi connectivity index (χ0v) is 12.6. The van der Waals surface area contributed by atoms with Gasteiger partial charge in [-0.2, -0.15) is 0 Å². The van der Waals surface area contributed by atoms with Crippen molar-refractivity contribution < 1.29 is 9.47 Å². The fraction of sp³-hybridized carbons (Fsp3) is 0.636. The molecule has 0 saturated carbocycles. The topological polar surface area (TPSA) is 56.3 Å². The predicted molar refractivity (Wildman–Crippen MR) is 75.2 cm³/mol. The van der Waals surface area contributed by atoms with Crippen LogP contribution in [0.1, 0.15) is 12.8 Å². The highest BCUT2D eigenvalue weighted by Crippen LogP contribution is 2.25. The third-order valence-electron chi connectivity index (χ3n) is 2.19. The summed E-state index contributed by atoms with van der Waals surface area (Å²) in [7, 11) is 1.66. The molecule has 1 N–H and O–H groups in total. The SMILES string of the molecule is COCCOCCCCNc1ncnc(Cl)c1Br. The van der Waals surface area contributed by atoms with Gasteiger partial charge in [0.1, 0.15) is 17.3 Å². The summed E-state index contributed by atoms with van der Waals surface area (Å²) in [5.41, 5.74) is 0. The minimum atomic E-state index is 0.412. The molecule has 0 saturated heterocycles. The molecule has 0 radical (unpaired) electrons. The molecule has 5 nitrogen and oxygen atoms in total. The zero-order valence-electron chi connectivity index (χ0n) is 10.3. The molecule has 0 aliphatic carbocycles. The van der Waals surface area contributed by atoms with E-state index in [0.29, 0.717) is 22.8 Å². The zero-order chi connectivity index (χ0) is 13.2. The van der Waals surface area contributed by atoms with Crippen LogP contribution < -0.4 is 5.32 Å². The van der Waals surface area contributed by atoms with Crippen molar-refractivity contribution in [1.82, 2.24) is 9.97 Å². The highest BCUT2D eigenvalue weighted by Gasteiger charge is 2.05. The Balaban J connectivity index is 2.09. The summed E-state index contributed by atoms with van der Waals surface area (Å²) < 4.78 is 10.9. The van der Waals surface area contributed by atoms with Gasteiger partial charge in [-0.3, -0.25) is 0 Å². The third-order valence-corrected chi connectivity index (χ3v) is 3.45. The molecule has 1 aromatic heterocycles. The van der Waals surface area contributed by atoms with E-state index in [9.17, 15) is 0 Å². The molecule has 0 spiro atoms. The average molecular weight is 339 g/mol.